The third-order valence-electron chi connectivity index (χ3n) is 5.18. The Bertz CT molecular complexity index is 868. The first-order chi connectivity index (χ1) is 13.0. The van der Waals surface area contributed by atoms with Gasteiger partial charge in [0.2, 0.25) is 0 Å². The summed E-state index contributed by atoms with van der Waals surface area (Å²) in [5, 5.41) is 8.66. The molecule has 0 saturated heterocycles. The summed E-state index contributed by atoms with van der Waals surface area (Å²) in [5.41, 5.74) is 1.68. The van der Waals surface area contributed by atoms with E-state index in [1.54, 1.807) is 17.4 Å². The molecule has 2 N–H and O–H groups in total. The van der Waals surface area contributed by atoms with Gasteiger partial charge in [-0.05, 0) is 68.4 Å². The van der Waals surface area contributed by atoms with Crippen LogP contribution in [0.5, 0.6) is 0 Å². The molecule has 0 bridgehead atoms. The summed E-state index contributed by atoms with van der Waals surface area (Å²) in [4.78, 5) is 27.6. The van der Waals surface area contributed by atoms with Crippen molar-refractivity contribution in [3.05, 3.63) is 38.4 Å². The first-order valence-corrected chi connectivity index (χ1v) is 11.5. The van der Waals surface area contributed by atoms with E-state index in [9.17, 15) is 9.59 Å². The highest BCUT2D eigenvalue weighted by molar-refractivity contribution is 7.17. The number of carbonyl (C=O) groups is 2. The first-order valence-electron chi connectivity index (χ1n) is 9.77. The van der Waals surface area contributed by atoms with E-state index in [1.165, 1.54) is 16.2 Å². The fourth-order valence-corrected chi connectivity index (χ4v) is 5.57. The molecule has 0 unspecified atom stereocenters. The number of carbonyl (C=O) groups excluding carboxylic acids is 2. The lowest BCUT2D eigenvalue weighted by atomic mass is 9.72. The molecule has 0 aliphatic heterocycles. The van der Waals surface area contributed by atoms with E-state index in [0.29, 0.717) is 21.4 Å². The topological polar surface area (TPSA) is 58.2 Å². The molecule has 0 radical (unpaired) electrons. The van der Waals surface area contributed by atoms with Gasteiger partial charge in [0.1, 0.15) is 5.00 Å². The Morgan fingerprint density at radius 2 is 1.82 bits per heavy atom. The minimum atomic E-state index is -0.330. The number of hydrogen-bond acceptors (Lipinski definition) is 4. The van der Waals surface area contributed by atoms with E-state index in [4.69, 9.17) is 0 Å². The Balaban J connectivity index is 1.97. The summed E-state index contributed by atoms with van der Waals surface area (Å²) >= 11 is 2.98. The highest BCUT2D eigenvalue weighted by Crippen LogP contribution is 2.44. The second-order valence-corrected chi connectivity index (χ2v) is 11.7. The molecule has 1 aliphatic carbocycles. The van der Waals surface area contributed by atoms with Crippen LogP contribution in [0.4, 0.5) is 5.00 Å². The van der Waals surface area contributed by atoms with Crippen molar-refractivity contribution in [1.29, 1.82) is 0 Å². The Labute approximate surface area is 175 Å². The van der Waals surface area contributed by atoms with Gasteiger partial charge in [-0.2, -0.15) is 0 Å². The predicted octanol–water partition coefficient (Wildman–Crippen LogP) is 5.74. The fraction of sp³-hybridized carbons (Fsp3) is 0.545. The molecule has 2 heterocycles. The lowest BCUT2D eigenvalue weighted by molar-refractivity contribution is 0.0919. The summed E-state index contributed by atoms with van der Waals surface area (Å²) in [6.07, 6.45) is 2.92. The molecular weight excluding hydrogens is 388 g/mol. The number of rotatable bonds is 3. The SMILES string of the molecule is CC(C)(C)NC(=O)c1c(NC(=O)c2cccs2)sc2c1CC[C@H](C(C)(C)C)C2. The van der Waals surface area contributed by atoms with Gasteiger partial charge in [-0.3, -0.25) is 9.59 Å². The highest BCUT2D eigenvalue weighted by Gasteiger charge is 2.34. The van der Waals surface area contributed by atoms with Crippen molar-refractivity contribution >= 4 is 39.5 Å². The van der Waals surface area contributed by atoms with Crippen LogP contribution in [0, 0.1) is 11.3 Å². The van der Waals surface area contributed by atoms with Crippen molar-refractivity contribution < 1.29 is 9.59 Å². The number of amides is 2. The molecule has 6 heteroatoms. The van der Waals surface area contributed by atoms with E-state index in [-0.39, 0.29) is 22.8 Å². The van der Waals surface area contributed by atoms with Gasteiger partial charge in [0.15, 0.2) is 0 Å². The average molecular weight is 419 g/mol. The van der Waals surface area contributed by atoms with E-state index in [0.717, 1.165) is 24.8 Å². The average Bonchev–Trinajstić information content (AvgIpc) is 3.19. The Morgan fingerprint density at radius 1 is 1.11 bits per heavy atom. The molecule has 0 spiro atoms. The molecule has 0 saturated carbocycles. The fourth-order valence-electron chi connectivity index (χ4n) is 3.63. The normalized spacial score (nSPS) is 17.1. The summed E-state index contributed by atoms with van der Waals surface area (Å²) in [5.74, 6) is 0.337. The predicted molar refractivity (Wildman–Crippen MR) is 119 cm³/mol. The van der Waals surface area contributed by atoms with Crippen LogP contribution < -0.4 is 10.6 Å². The number of hydrogen-bond donors (Lipinski definition) is 2. The van der Waals surface area contributed by atoms with Crippen molar-refractivity contribution in [2.45, 2.75) is 66.3 Å². The van der Waals surface area contributed by atoms with Gasteiger partial charge < -0.3 is 10.6 Å². The molecule has 2 amide bonds. The lowest BCUT2D eigenvalue weighted by Crippen LogP contribution is -2.41. The Morgan fingerprint density at radius 3 is 2.39 bits per heavy atom. The number of anilines is 1. The quantitative estimate of drug-likeness (QED) is 0.667. The van der Waals surface area contributed by atoms with Crippen LogP contribution in [0.25, 0.3) is 0 Å². The summed E-state index contributed by atoms with van der Waals surface area (Å²) in [7, 11) is 0. The van der Waals surface area contributed by atoms with Crippen LogP contribution >= 0.6 is 22.7 Å². The third kappa shape index (κ3) is 4.66. The van der Waals surface area contributed by atoms with Crippen LogP contribution in [0.3, 0.4) is 0 Å². The standard InChI is InChI=1S/C22H30N2O2S2/c1-21(2,3)13-9-10-14-16(12-13)28-20(17(14)19(26)24-22(4,5)6)23-18(25)15-8-7-11-27-15/h7-8,11,13H,9-10,12H2,1-6H3,(H,23,25)(H,24,26)/t13-/m0/s1. The molecule has 2 aromatic rings. The molecular formula is C22H30N2O2S2. The van der Waals surface area contributed by atoms with E-state index < -0.39 is 0 Å². The van der Waals surface area contributed by atoms with Gasteiger partial charge in [-0.25, -0.2) is 0 Å². The van der Waals surface area contributed by atoms with Gasteiger partial charge in [0.25, 0.3) is 11.8 Å². The van der Waals surface area contributed by atoms with Gasteiger partial charge in [-0.1, -0.05) is 26.8 Å². The summed E-state index contributed by atoms with van der Waals surface area (Å²) < 4.78 is 0. The monoisotopic (exact) mass is 418 g/mol. The molecule has 4 nitrogen and oxygen atoms in total. The van der Waals surface area contributed by atoms with Crippen molar-refractivity contribution in [1.82, 2.24) is 5.32 Å². The zero-order valence-electron chi connectivity index (χ0n) is 17.6. The van der Waals surface area contributed by atoms with Gasteiger partial charge in [-0.15, -0.1) is 22.7 Å². The maximum Gasteiger partial charge on any atom is 0.266 e. The molecule has 152 valence electrons. The Kier molecular flexibility index (Phi) is 5.74. The van der Waals surface area contributed by atoms with Gasteiger partial charge in [0.05, 0.1) is 10.4 Å². The minimum absolute atomic E-state index is 0.0966. The van der Waals surface area contributed by atoms with E-state index >= 15 is 0 Å². The maximum atomic E-state index is 13.1. The number of fused-ring (bicyclic) bond motifs is 1. The van der Waals surface area contributed by atoms with Crippen molar-refractivity contribution in [2.24, 2.45) is 11.3 Å². The van der Waals surface area contributed by atoms with Crippen molar-refractivity contribution in [2.75, 3.05) is 5.32 Å². The molecule has 28 heavy (non-hydrogen) atoms. The number of thiophene rings is 2. The second-order valence-electron chi connectivity index (χ2n) is 9.65. The van der Waals surface area contributed by atoms with Crippen molar-refractivity contribution in [3.8, 4) is 0 Å². The summed E-state index contributed by atoms with van der Waals surface area (Å²) in [6, 6.07) is 3.66. The van der Waals surface area contributed by atoms with Crippen LogP contribution in [0.15, 0.2) is 17.5 Å². The smallest absolute Gasteiger partial charge is 0.266 e. The molecule has 1 aliphatic rings. The minimum Gasteiger partial charge on any atom is -0.347 e. The van der Waals surface area contributed by atoms with E-state index in [2.05, 4.69) is 31.4 Å². The van der Waals surface area contributed by atoms with Crippen LogP contribution in [-0.4, -0.2) is 17.4 Å². The molecule has 0 aromatic carbocycles. The molecule has 3 rings (SSSR count). The Hall–Kier alpha value is -1.66. The molecule has 2 aromatic heterocycles. The first kappa shape index (κ1) is 21.1. The lowest BCUT2D eigenvalue weighted by Gasteiger charge is -2.34. The van der Waals surface area contributed by atoms with Crippen LogP contribution in [0.1, 0.15) is 78.4 Å². The van der Waals surface area contributed by atoms with Crippen LogP contribution in [-0.2, 0) is 12.8 Å². The van der Waals surface area contributed by atoms with Gasteiger partial charge in [0, 0.05) is 10.4 Å². The maximum absolute atomic E-state index is 13.1. The van der Waals surface area contributed by atoms with Crippen LogP contribution in [0.2, 0.25) is 0 Å². The number of nitrogens with one attached hydrogen (secondary N) is 2. The zero-order valence-corrected chi connectivity index (χ0v) is 19.2. The van der Waals surface area contributed by atoms with Gasteiger partial charge >= 0.3 is 0 Å². The highest BCUT2D eigenvalue weighted by atomic mass is 32.1. The largest absolute Gasteiger partial charge is 0.347 e. The van der Waals surface area contributed by atoms with Crippen molar-refractivity contribution in [3.63, 3.8) is 0 Å². The van der Waals surface area contributed by atoms with E-state index in [1.807, 2.05) is 32.2 Å². The molecule has 1 atom stereocenters. The zero-order chi connectivity index (χ0) is 20.7. The third-order valence-corrected chi connectivity index (χ3v) is 7.22. The molecule has 0 fully saturated rings. The second kappa shape index (κ2) is 7.64. The summed E-state index contributed by atoms with van der Waals surface area (Å²) in [6.45, 7) is 12.8.